The van der Waals surface area contributed by atoms with Gasteiger partial charge in [0.2, 0.25) is 0 Å². The van der Waals surface area contributed by atoms with Crippen LogP contribution >= 0.6 is 0 Å². The molecule has 0 saturated carbocycles. The number of nitrogens with zero attached hydrogens (tertiary/aromatic N) is 2. The molecule has 5 heteroatoms. The minimum Gasteiger partial charge on any atom is -0.366 e. The Bertz CT molecular complexity index is 509. The van der Waals surface area contributed by atoms with Gasteiger partial charge in [0.25, 0.3) is 5.91 Å². The molecule has 0 radical (unpaired) electrons. The van der Waals surface area contributed by atoms with E-state index in [1.54, 1.807) is 0 Å². The van der Waals surface area contributed by atoms with E-state index in [4.69, 9.17) is 4.74 Å². The van der Waals surface area contributed by atoms with Crippen LogP contribution in [0.1, 0.15) is 18.4 Å². The van der Waals surface area contributed by atoms with Crippen molar-refractivity contribution in [1.29, 1.82) is 0 Å². The molecule has 0 aliphatic carbocycles. The van der Waals surface area contributed by atoms with Crippen LogP contribution in [0.2, 0.25) is 0 Å². The van der Waals surface area contributed by atoms with Crippen LogP contribution in [0.5, 0.6) is 0 Å². The first-order chi connectivity index (χ1) is 11.7. The molecule has 0 spiro atoms. The normalized spacial score (nSPS) is 23.1. The lowest BCUT2D eigenvalue weighted by atomic mass is 9.95. The van der Waals surface area contributed by atoms with Gasteiger partial charge in [-0.05, 0) is 37.4 Å². The molecule has 0 aromatic heterocycles. The van der Waals surface area contributed by atoms with Gasteiger partial charge in [0, 0.05) is 33.2 Å². The smallest absolute Gasteiger partial charge is 0.252 e. The molecule has 2 aliphatic rings. The van der Waals surface area contributed by atoms with E-state index in [2.05, 4.69) is 40.5 Å². The Morgan fingerprint density at radius 2 is 2.04 bits per heavy atom. The molecule has 1 atom stereocenters. The Kier molecular flexibility index (Phi) is 6.24. The summed E-state index contributed by atoms with van der Waals surface area (Å²) in [5.74, 6) is 0.719. The van der Waals surface area contributed by atoms with Gasteiger partial charge < -0.3 is 15.0 Å². The molecule has 0 bridgehead atoms. The number of ether oxygens (including phenoxy) is 1. The third kappa shape index (κ3) is 4.79. The minimum atomic E-state index is -0.304. The minimum absolute atomic E-state index is 0.119. The zero-order valence-corrected chi connectivity index (χ0v) is 14.6. The van der Waals surface area contributed by atoms with Gasteiger partial charge in [0.05, 0.1) is 6.61 Å². The second kappa shape index (κ2) is 8.60. The SMILES string of the molecule is CN(CC1CCN(Cc2ccccc2)CC1)C(=O)C1CNCCO1. The van der Waals surface area contributed by atoms with Crippen molar-refractivity contribution >= 4 is 5.91 Å². The zero-order valence-electron chi connectivity index (χ0n) is 14.6. The van der Waals surface area contributed by atoms with Crippen LogP contribution in [0.4, 0.5) is 0 Å². The van der Waals surface area contributed by atoms with Crippen LogP contribution in [0.3, 0.4) is 0 Å². The number of carbonyl (C=O) groups excluding carboxylic acids is 1. The van der Waals surface area contributed by atoms with E-state index in [9.17, 15) is 4.79 Å². The summed E-state index contributed by atoms with van der Waals surface area (Å²) in [5.41, 5.74) is 1.38. The van der Waals surface area contributed by atoms with Crippen molar-refractivity contribution in [2.45, 2.75) is 25.5 Å². The lowest BCUT2D eigenvalue weighted by molar-refractivity contribution is -0.144. The summed E-state index contributed by atoms with van der Waals surface area (Å²) in [6, 6.07) is 10.7. The average Bonchev–Trinajstić information content (AvgIpc) is 2.64. The molecular weight excluding hydrogens is 302 g/mol. The van der Waals surface area contributed by atoms with Crippen molar-refractivity contribution < 1.29 is 9.53 Å². The first-order valence-electron chi connectivity index (χ1n) is 9.06. The van der Waals surface area contributed by atoms with E-state index in [1.807, 2.05) is 11.9 Å². The van der Waals surface area contributed by atoms with E-state index in [0.29, 0.717) is 19.1 Å². The maximum absolute atomic E-state index is 12.4. The Balaban J connectivity index is 1.40. The number of hydrogen-bond donors (Lipinski definition) is 1. The molecule has 2 saturated heterocycles. The molecule has 1 unspecified atom stereocenters. The van der Waals surface area contributed by atoms with Gasteiger partial charge in [-0.3, -0.25) is 9.69 Å². The van der Waals surface area contributed by atoms with Crippen LogP contribution in [0.25, 0.3) is 0 Å². The number of hydrogen-bond acceptors (Lipinski definition) is 4. The summed E-state index contributed by atoms with van der Waals surface area (Å²) in [4.78, 5) is 16.8. The van der Waals surface area contributed by atoms with Crippen molar-refractivity contribution in [3.05, 3.63) is 35.9 Å². The molecule has 2 fully saturated rings. The fourth-order valence-electron chi connectivity index (χ4n) is 3.62. The number of rotatable bonds is 5. The number of benzene rings is 1. The summed E-state index contributed by atoms with van der Waals surface area (Å²) in [5, 5.41) is 3.22. The molecule has 5 nitrogen and oxygen atoms in total. The third-order valence-corrected chi connectivity index (χ3v) is 5.07. The highest BCUT2D eigenvalue weighted by atomic mass is 16.5. The van der Waals surface area contributed by atoms with Crippen molar-refractivity contribution in [2.24, 2.45) is 5.92 Å². The number of likely N-dealkylation sites (N-methyl/N-ethyl adjacent to an activating group) is 1. The summed E-state index contributed by atoms with van der Waals surface area (Å²) in [6.07, 6.45) is 2.02. The third-order valence-electron chi connectivity index (χ3n) is 5.07. The standard InChI is InChI=1S/C19H29N3O2/c1-21(19(23)18-13-20-9-12-24-18)14-17-7-10-22(11-8-17)15-16-5-3-2-4-6-16/h2-6,17-18,20H,7-15H2,1H3. The Labute approximate surface area is 145 Å². The van der Waals surface area contributed by atoms with Crippen molar-refractivity contribution in [2.75, 3.05) is 46.4 Å². The topological polar surface area (TPSA) is 44.8 Å². The summed E-state index contributed by atoms with van der Waals surface area (Å²) >= 11 is 0. The molecular formula is C19H29N3O2. The summed E-state index contributed by atoms with van der Waals surface area (Å²) in [6.45, 7) is 6.21. The summed E-state index contributed by atoms with van der Waals surface area (Å²) in [7, 11) is 1.91. The van der Waals surface area contributed by atoms with Crippen LogP contribution in [-0.2, 0) is 16.1 Å². The molecule has 1 aromatic rings. The maximum atomic E-state index is 12.4. The predicted molar refractivity (Wildman–Crippen MR) is 94.7 cm³/mol. The predicted octanol–water partition coefficient (Wildman–Crippen LogP) is 1.35. The average molecular weight is 331 g/mol. The monoisotopic (exact) mass is 331 g/mol. The molecule has 2 heterocycles. The fourth-order valence-corrected chi connectivity index (χ4v) is 3.62. The first kappa shape index (κ1) is 17.4. The van der Waals surface area contributed by atoms with E-state index < -0.39 is 0 Å². The van der Waals surface area contributed by atoms with Gasteiger partial charge in [0.15, 0.2) is 0 Å². The fraction of sp³-hybridized carbons (Fsp3) is 0.632. The van der Waals surface area contributed by atoms with Crippen molar-refractivity contribution in [3.63, 3.8) is 0 Å². The number of nitrogens with one attached hydrogen (secondary N) is 1. The first-order valence-corrected chi connectivity index (χ1v) is 9.06. The van der Waals surface area contributed by atoms with E-state index >= 15 is 0 Å². The number of amides is 1. The molecule has 132 valence electrons. The maximum Gasteiger partial charge on any atom is 0.252 e. The molecule has 24 heavy (non-hydrogen) atoms. The number of morpholine rings is 1. The zero-order chi connectivity index (χ0) is 16.8. The van der Waals surface area contributed by atoms with E-state index in [-0.39, 0.29) is 12.0 Å². The van der Waals surface area contributed by atoms with Gasteiger partial charge in [0.1, 0.15) is 6.10 Å². The lowest BCUT2D eigenvalue weighted by Gasteiger charge is -2.35. The number of likely N-dealkylation sites (tertiary alicyclic amines) is 1. The van der Waals surface area contributed by atoms with Gasteiger partial charge in [-0.15, -0.1) is 0 Å². The van der Waals surface area contributed by atoms with Crippen LogP contribution < -0.4 is 5.32 Å². The number of carbonyl (C=O) groups is 1. The Morgan fingerprint density at radius 3 is 2.71 bits per heavy atom. The van der Waals surface area contributed by atoms with Gasteiger partial charge in [-0.1, -0.05) is 30.3 Å². The summed E-state index contributed by atoms with van der Waals surface area (Å²) < 4.78 is 5.57. The lowest BCUT2D eigenvalue weighted by Crippen LogP contribution is -2.49. The van der Waals surface area contributed by atoms with Gasteiger partial charge >= 0.3 is 0 Å². The Morgan fingerprint density at radius 1 is 1.29 bits per heavy atom. The number of piperidine rings is 1. The second-order valence-electron chi connectivity index (χ2n) is 6.99. The molecule has 1 aromatic carbocycles. The highest BCUT2D eigenvalue weighted by molar-refractivity contribution is 5.81. The van der Waals surface area contributed by atoms with Crippen molar-refractivity contribution in [3.8, 4) is 0 Å². The molecule has 1 N–H and O–H groups in total. The van der Waals surface area contributed by atoms with Crippen LogP contribution in [0, 0.1) is 5.92 Å². The molecule has 1 amide bonds. The second-order valence-corrected chi connectivity index (χ2v) is 6.99. The quantitative estimate of drug-likeness (QED) is 0.884. The van der Waals surface area contributed by atoms with Crippen LogP contribution in [-0.4, -0.2) is 68.2 Å². The van der Waals surface area contributed by atoms with Gasteiger partial charge in [-0.25, -0.2) is 0 Å². The largest absolute Gasteiger partial charge is 0.366 e. The van der Waals surface area contributed by atoms with Crippen molar-refractivity contribution in [1.82, 2.24) is 15.1 Å². The van der Waals surface area contributed by atoms with E-state index in [0.717, 1.165) is 45.6 Å². The molecule has 2 aliphatic heterocycles. The van der Waals surface area contributed by atoms with E-state index in [1.165, 1.54) is 5.56 Å². The Hall–Kier alpha value is -1.43. The molecule has 3 rings (SSSR count). The van der Waals surface area contributed by atoms with Crippen LogP contribution in [0.15, 0.2) is 30.3 Å². The van der Waals surface area contributed by atoms with Gasteiger partial charge in [-0.2, -0.15) is 0 Å². The highest BCUT2D eigenvalue weighted by Gasteiger charge is 2.27. The highest BCUT2D eigenvalue weighted by Crippen LogP contribution is 2.20.